The van der Waals surface area contributed by atoms with Crippen molar-refractivity contribution in [3.05, 3.63) is 0 Å². The van der Waals surface area contributed by atoms with Gasteiger partial charge in [-0.2, -0.15) is 0 Å². The summed E-state index contributed by atoms with van der Waals surface area (Å²) in [7, 11) is -1.61. The van der Waals surface area contributed by atoms with E-state index in [1.54, 1.807) is 0 Å². The van der Waals surface area contributed by atoms with Gasteiger partial charge in [-0.05, 0) is 32.0 Å². The predicted octanol–water partition coefficient (Wildman–Crippen LogP) is 2.69. The SMILES string of the molecule is CC(C)N1CCNC[C@@H]1CO[Si](C)(C)C(C)(C)C. The standard InChI is InChI=1S/C14H32N2OSi/c1-12(2)16-9-8-15-10-13(16)11-17-18(6,7)14(3,4)5/h12-13,15H,8-11H2,1-7H3/t13-/m1/s1. The maximum absolute atomic E-state index is 6.37. The van der Waals surface area contributed by atoms with Crippen molar-refractivity contribution in [3.8, 4) is 0 Å². The molecule has 0 unspecified atom stereocenters. The van der Waals surface area contributed by atoms with Crippen LogP contribution in [0.1, 0.15) is 34.6 Å². The molecule has 1 saturated heterocycles. The molecule has 0 aliphatic carbocycles. The fourth-order valence-electron chi connectivity index (χ4n) is 2.13. The maximum atomic E-state index is 6.37. The van der Waals surface area contributed by atoms with E-state index in [1.165, 1.54) is 0 Å². The molecule has 108 valence electrons. The van der Waals surface area contributed by atoms with Gasteiger partial charge in [0.2, 0.25) is 0 Å². The fourth-order valence-corrected chi connectivity index (χ4v) is 3.17. The second-order valence-corrected chi connectivity index (χ2v) is 12.1. The topological polar surface area (TPSA) is 24.5 Å². The van der Waals surface area contributed by atoms with Gasteiger partial charge in [0.05, 0.1) is 6.61 Å². The summed E-state index contributed by atoms with van der Waals surface area (Å²) in [5.74, 6) is 0. The van der Waals surface area contributed by atoms with Crippen LogP contribution < -0.4 is 5.32 Å². The van der Waals surface area contributed by atoms with Crippen LogP contribution >= 0.6 is 0 Å². The van der Waals surface area contributed by atoms with E-state index in [1.807, 2.05) is 0 Å². The van der Waals surface area contributed by atoms with Crippen molar-refractivity contribution in [1.29, 1.82) is 0 Å². The molecule has 1 aliphatic heterocycles. The molecule has 1 fully saturated rings. The first-order valence-corrected chi connectivity index (χ1v) is 10.2. The summed E-state index contributed by atoms with van der Waals surface area (Å²) in [5.41, 5.74) is 0. The molecule has 0 amide bonds. The van der Waals surface area contributed by atoms with Gasteiger partial charge in [0.15, 0.2) is 8.32 Å². The Kier molecular flexibility index (Phi) is 5.41. The normalized spacial score (nSPS) is 23.7. The first-order valence-electron chi connectivity index (χ1n) is 7.25. The van der Waals surface area contributed by atoms with Gasteiger partial charge in [-0.3, -0.25) is 4.90 Å². The molecule has 0 spiro atoms. The van der Waals surface area contributed by atoms with Crippen molar-refractivity contribution in [2.75, 3.05) is 26.2 Å². The van der Waals surface area contributed by atoms with Crippen LogP contribution in [0.3, 0.4) is 0 Å². The summed E-state index contributed by atoms with van der Waals surface area (Å²) < 4.78 is 6.37. The van der Waals surface area contributed by atoms with Gasteiger partial charge < -0.3 is 9.74 Å². The van der Waals surface area contributed by atoms with Gasteiger partial charge >= 0.3 is 0 Å². The number of nitrogens with zero attached hydrogens (tertiary/aromatic N) is 1. The van der Waals surface area contributed by atoms with E-state index in [0.29, 0.717) is 17.1 Å². The van der Waals surface area contributed by atoms with E-state index in [9.17, 15) is 0 Å². The quantitative estimate of drug-likeness (QED) is 0.796. The minimum atomic E-state index is -1.61. The third kappa shape index (κ3) is 4.05. The Bertz CT molecular complexity index is 261. The van der Waals surface area contributed by atoms with Crippen molar-refractivity contribution in [2.45, 2.75) is 64.8 Å². The summed E-state index contributed by atoms with van der Waals surface area (Å²) in [5, 5.41) is 3.79. The van der Waals surface area contributed by atoms with Crippen LogP contribution in [0.2, 0.25) is 18.1 Å². The molecule has 0 radical (unpaired) electrons. The highest BCUT2D eigenvalue weighted by molar-refractivity contribution is 6.74. The monoisotopic (exact) mass is 272 g/mol. The molecule has 0 saturated carbocycles. The smallest absolute Gasteiger partial charge is 0.192 e. The second kappa shape index (κ2) is 6.03. The molecule has 1 N–H and O–H groups in total. The van der Waals surface area contributed by atoms with E-state index < -0.39 is 8.32 Å². The van der Waals surface area contributed by atoms with Crippen LogP contribution in [-0.4, -0.2) is 51.5 Å². The first kappa shape index (κ1) is 16.2. The minimum Gasteiger partial charge on any atom is -0.415 e. The Hall–Kier alpha value is 0.0969. The van der Waals surface area contributed by atoms with Crippen molar-refractivity contribution < 1.29 is 4.43 Å². The van der Waals surface area contributed by atoms with Gasteiger partial charge in [-0.25, -0.2) is 0 Å². The molecule has 0 aromatic heterocycles. The lowest BCUT2D eigenvalue weighted by molar-refractivity contribution is 0.0787. The number of hydrogen-bond donors (Lipinski definition) is 1. The predicted molar refractivity (Wildman–Crippen MR) is 81.6 cm³/mol. The van der Waals surface area contributed by atoms with E-state index in [2.05, 4.69) is 57.9 Å². The molecule has 1 rings (SSSR count). The Labute approximate surface area is 114 Å². The number of piperazine rings is 1. The molecular weight excluding hydrogens is 240 g/mol. The van der Waals surface area contributed by atoms with Crippen LogP contribution in [0.25, 0.3) is 0 Å². The Morgan fingerprint density at radius 3 is 2.44 bits per heavy atom. The average Bonchev–Trinajstić information content (AvgIpc) is 2.25. The second-order valence-electron chi connectivity index (χ2n) is 7.26. The molecule has 1 heterocycles. The third-order valence-electron chi connectivity index (χ3n) is 4.50. The van der Waals surface area contributed by atoms with Crippen molar-refractivity contribution in [1.82, 2.24) is 10.2 Å². The highest BCUT2D eigenvalue weighted by Gasteiger charge is 2.38. The van der Waals surface area contributed by atoms with Gasteiger partial charge in [0.1, 0.15) is 0 Å². The van der Waals surface area contributed by atoms with Crippen LogP contribution in [0.5, 0.6) is 0 Å². The number of hydrogen-bond acceptors (Lipinski definition) is 3. The molecule has 3 nitrogen and oxygen atoms in total. The zero-order chi connectivity index (χ0) is 14.0. The summed E-state index contributed by atoms with van der Waals surface area (Å²) in [6.07, 6.45) is 0. The van der Waals surface area contributed by atoms with E-state index in [4.69, 9.17) is 4.43 Å². The van der Waals surface area contributed by atoms with Gasteiger partial charge in [0.25, 0.3) is 0 Å². The summed E-state index contributed by atoms with van der Waals surface area (Å²) >= 11 is 0. The summed E-state index contributed by atoms with van der Waals surface area (Å²) in [4.78, 5) is 2.57. The Morgan fingerprint density at radius 1 is 1.33 bits per heavy atom. The highest BCUT2D eigenvalue weighted by Crippen LogP contribution is 2.36. The molecule has 1 aliphatic rings. The third-order valence-corrected chi connectivity index (χ3v) is 9.00. The molecule has 18 heavy (non-hydrogen) atoms. The Morgan fingerprint density at radius 2 is 1.94 bits per heavy atom. The van der Waals surface area contributed by atoms with Gasteiger partial charge in [0, 0.05) is 31.7 Å². The number of rotatable bonds is 4. The molecule has 4 heteroatoms. The maximum Gasteiger partial charge on any atom is 0.192 e. The first-order chi connectivity index (χ1) is 8.15. The molecular formula is C14H32N2OSi. The zero-order valence-electron chi connectivity index (χ0n) is 13.3. The minimum absolute atomic E-state index is 0.303. The van der Waals surface area contributed by atoms with E-state index >= 15 is 0 Å². The van der Waals surface area contributed by atoms with Crippen molar-refractivity contribution in [3.63, 3.8) is 0 Å². The Balaban J connectivity index is 2.56. The highest BCUT2D eigenvalue weighted by atomic mass is 28.4. The van der Waals surface area contributed by atoms with Crippen LogP contribution in [0.4, 0.5) is 0 Å². The lowest BCUT2D eigenvalue weighted by Gasteiger charge is -2.42. The van der Waals surface area contributed by atoms with Crippen LogP contribution in [0.15, 0.2) is 0 Å². The van der Waals surface area contributed by atoms with Crippen molar-refractivity contribution in [2.24, 2.45) is 0 Å². The van der Waals surface area contributed by atoms with E-state index in [-0.39, 0.29) is 0 Å². The van der Waals surface area contributed by atoms with Crippen LogP contribution in [0, 0.1) is 0 Å². The molecule has 1 atom stereocenters. The zero-order valence-corrected chi connectivity index (χ0v) is 14.3. The average molecular weight is 273 g/mol. The molecule has 0 aromatic carbocycles. The lowest BCUT2D eigenvalue weighted by atomic mass is 10.1. The number of nitrogens with one attached hydrogen (secondary N) is 1. The largest absolute Gasteiger partial charge is 0.415 e. The van der Waals surface area contributed by atoms with Gasteiger partial charge in [-0.15, -0.1) is 0 Å². The van der Waals surface area contributed by atoms with E-state index in [0.717, 1.165) is 26.2 Å². The fraction of sp³-hybridized carbons (Fsp3) is 1.00. The summed E-state index contributed by atoms with van der Waals surface area (Å²) in [6, 6.07) is 1.15. The van der Waals surface area contributed by atoms with Crippen LogP contribution in [-0.2, 0) is 4.43 Å². The van der Waals surface area contributed by atoms with Crippen molar-refractivity contribution >= 4 is 8.32 Å². The molecule has 0 bridgehead atoms. The van der Waals surface area contributed by atoms with Gasteiger partial charge in [-0.1, -0.05) is 20.8 Å². The summed E-state index contributed by atoms with van der Waals surface area (Å²) in [6.45, 7) is 20.3. The lowest BCUT2D eigenvalue weighted by Crippen LogP contribution is -2.57. The molecule has 0 aromatic rings.